The number of benzene rings is 1. The van der Waals surface area contributed by atoms with Gasteiger partial charge in [-0.15, -0.1) is 0 Å². The zero-order chi connectivity index (χ0) is 13.0. The molecule has 98 valence electrons. The van der Waals surface area contributed by atoms with Crippen molar-refractivity contribution in [2.24, 2.45) is 0 Å². The molecule has 0 aliphatic carbocycles. The summed E-state index contributed by atoms with van der Waals surface area (Å²) in [5.41, 5.74) is 0.150. The first-order chi connectivity index (χ1) is 8.65. The van der Waals surface area contributed by atoms with Crippen LogP contribution in [0.4, 0.5) is 0 Å². The highest BCUT2D eigenvalue weighted by Crippen LogP contribution is 2.26. The van der Waals surface area contributed by atoms with Crippen molar-refractivity contribution in [3.05, 3.63) is 35.9 Å². The average Bonchev–Trinajstić information content (AvgIpc) is 2.85. The van der Waals surface area contributed by atoms with Gasteiger partial charge in [0.15, 0.2) is 0 Å². The Morgan fingerprint density at radius 1 is 1.50 bits per heavy atom. The summed E-state index contributed by atoms with van der Waals surface area (Å²) in [6, 6.07) is 9.08. The maximum absolute atomic E-state index is 12.2. The molecule has 0 bridgehead atoms. The van der Waals surface area contributed by atoms with E-state index in [0.29, 0.717) is 6.61 Å². The van der Waals surface area contributed by atoms with Crippen LogP contribution in [0.1, 0.15) is 31.4 Å². The molecule has 1 aromatic rings. The highest BCUT2D eigenvalue weighted by atomic mass is 16.5. The summed E-state index contributed by atoms with van der Waals surface area (Å²) in [4.78, 5) is 12.2. The van der Waals surface area contributed by atoms with E-state index >= 15 is 0 Å². The van der Waals surface area contributed by atoms with Gasteiger partial charge in [-0.05, 0) is 25.3 Å². The van der Waals surface area contributed by atoms with Crippen molar-refractivity contribution in [1.82, 2.24) is 5.32 Å². The van der Waals surface area contributed by atoms with E-state index in [1.54, 1.807) is 6.92 Å². The molecular formula is C14H19NO3. The van der Waals surface area contributed by atoms with Gasteiger partial charge in [0.2, 0.25) is 0 Å². The minimum absolute atomic E-state index is 0.119. The molecule has 4 nitrogen and oxygen atoms in total. The zero-order valence-electron chi connectivity index (χ0n) is 10.6. The van der Waals surface area contributed by atoms with Crippen molar-refractivity contribution >= 4 is 5.91 Å². The number of amides is 1. The van der Waals surface area contributed by atoms with Gasteiger partial charge in [-0.1, -0.05) is 30.3 Å². The van der Waals surface area contributed by atoms with E-state index < -0.39 is 5.60 Å². The summed E-state index contributed by atoms with van der Waals surface area (Å²) in [5.74, 6) is -0.150. The predicted molar refractivity (Wildman–Crippen MR) is 68.0 cm³/mol. The van der Waals surface area contributed by atoms with Crippen LogP contribution in [0.15, 0.2) is 30.3 Å². The number of carbonyl (C=O) groups is 1. The molecule has 2 N–H and O–H groups in total. The Morgan fingerprint density at radius 2 is 2.22 bits per heavy atom. The lowest BCUT2D eigenvalue weighted by atomic mass is 10.00. The molecule has 2 unspecified atom stereocenters. The summed E-state index contributed by atoms with van der Waals surface area (Å²) >= 11 is 0. The lowest BCUT2D eigenvalue weighted by molar-refractivity contribution is -0.140. The second-order valence-electron chi connectivity index (χ2n) is 4.80. The smallest absolute Gasteiger partial charge is 0.252 e. The minimum Gasteiger partial charge on any atom is -0.394 e. The van der Waals surface area contributed by atoms with Crippen molar-refractivity contribution in [3.8, 4) is 0 Å². The van der Waals surface area contributed by atoms with Gasteiger partial charge >= 0.3 is 0 Å². The molecule has 0 aromatic heterocycles. The van der Waals surface area contributed by atoms with Gasteiger partial charge in [0.1, 0.15) is 5.60 Å². The Kier molecular flexibility index (Phi) is 3.99. The van der Waals surface area contributed by atoms with Gasteiger partial charge in [-0.3, -0.25) is 4.79 Å². The Labute approximate surface area is 107 Å². The number of ether oxygens (including phenoxy) is 1. The molecule has 1 aromatic carbocycles. The molecular weight excluding hydrogens is 230 g/mol. The third kappa shape index (κ3) is 2.71. The van der Waals surface area contributed by atoms with Crippen LogP contribution in [-0.4, -0.2) is 29.8 Å². The lowest BCUT2D eigenvalue weighted by Gasteiger charge is -2.25. The number of carbonyl (C=O) groups excluding carboxylic acids is 1. The number of hydrogen-bond donors (Lipinski definition) is 2. The highest BCUT2D eigenvalue weighted by Gasteiger charge is 2.38. The fraction of sp³-hybridized carbons (Fsp3) is 0.500. The van der Waals surface area contributed by atoms with Crippen LogP contribution in [0.3, 0.4) is 0 Å². The molecule has 0 saturated carbocycles. The molecule has 4 heteroatoms. The van der Waals surface area contributed by atoms with E-state index in [0.717, 1.165) is 18.4 Å². The van der Waals surface area contributed by atoms with E-state index in [4.69, 9.17) is 4.74 Å². The molecule has 1 aliphatic rings. The van der Waals surface area contributed by atoms with Crippen molar-refractivity contribution in [1.29, 1.82) is 0 Å². The molecule has 0 radical (unpaired) electrons. The summed E-state index contributed by atoms with van der Waals surface area (Å²) in [7, 11) is 0. The maximum Gasteiger partial charge on any atom is 0.252 e. The summed E-state index contributed by atoms with van der Waals surface area (Å²) in [6.45, 7) is 2.31. The number of nitrogens with one attached hydrogen (secondary N) is 1. The predicted octanol–water partition coefficient (Wildman–Crippen LogP) is 1.41. The van der Waals surface area contributed by atoms with Crippen molar-refractivity contribution in [2.75, 3.05) is 13.2 Å². The fourth-order valence-electron chi connectivity index (χ4n) is 2.19. The molecule has 2 atom stereocenters. The molecule has 2 rings (SSSR count). The molecule has 1 saturated heterocycles. The van der Waals surface area contributed by atoms with Crippen molar-refractivity contribution in [3.63, 3.8) is 0 Å². The Morgan fingerprint density at radius 3 is 2.78 bits per heavy atom. The van der Waals surface area contributed by atoms with Gasteiger partial charge in [0.25, 0.3) is 5.91 Å². The van der Waals surface area contributed by atoms with Crippen LogP contribution >= 0.6 is 0 Å². The molecule has 0 spiro atoms. The van der Waals surface area contributed by atoms with Crippen LogP contribution in [-0.2, 0) is 9.53 Å². The van der Waals surface area contributed by atoms with Crippen molar-refractivity contribution in [2.45, 2.75) is 31.4 Å². The average molecular weight is 249 g/mol. The van der Waals surface area contributed by atoms with E-state index in [2.05, 4.69) is 5.32 Å². The minimum atomic E-state index is -0.748. The Balaban J connectivity index is 2.05. The van der Waals surface area contributed by atoms with E-state index in [1.807, 2.05) is 30.3 Å². The first-order valence-electron chi connectivity index (χ1n) is 6.26. The summed E-state index contributed by atoms with van der Waals surface area (Å²) in [6.07, 6.45) is 1.63. The van der Waals surface area contributed by atoms with Gasteiger partial charge in [-0.2, -0.15) is 0 Å². The topological polar surface area (TPSA) is 58.6 Å². The Hall–Kier alpha value is -1.39. The molecule has 1 fully saturated rings. The summed E-state index contributed by atoms with van der Waals surface area (Å²) in [5, 5.41) is 12.3. The molecule has 1 amide bonds. The fourth-order valence-corrected chi connectivity index (χ4v) is 2.19. The van der Waals surface area contributed by atoms with E-state index in [9.17, 15) is 9.90 Å². The third-order valence-corrected chi connectivity index (χ3v) is 3.39. The normalized spacial score (nSPS) is 24.8. The van der Waals surface area contributed by atoms with Crippen LogP contribution < -0.4 is 5.32 Å². The van der Waals surface area contributed by atoms with Crippen LogP contribution in [0.25, 0.3) is 0 Å². The van der Waals surface area contributed by atoms with Crippen LogP contribution in [0, 0.1) is 0 Å². The quantitative estimate of drug-likeness (QED) is 0.848. The lowest BCUT2D eigenvalue weighted by Crippen LogP contribution is -2.46. The highest BCUT2D eigenvalue weighted by molar-refractivity contribution is 5.85. The second kappa shape index (κ2) is 5.50. The van der Waals surface area contributed by atoms with Gasteiger partial charge in [0, 0.05) is 6.61 Å². The van der Waals surface area contributed by atoms with Gasteiger partial charge in [0.05, 0.1) is 12.6 Å². The molecule has 18 heavy (non-hydrogen) atoms. The first-order valence-corrected chi connectivity index (χ1v) is 6.26. The Bertz CT molecular complexity index is 399. The SMILES string of the molecule is CC1(C(=O)NC(CO)c2ccccc2)CCCO1. The third-order valence-electron chi connectivity index (χ3n) is 3.39. The summed E-state index contributed by atoms with van der Waals surface area (Å²) < 4.78 is 5.49. The number of aliphatic hydroxyl groups excluding tert-OH is 1. The number of hydrogen-bond acceptors (Lipinski definition) is 3. The van der Waals surface area contributed by atoms with Crippen LogP contribution in [0.2, 0.25) is 0 Å². The van der Waals surface area contributed by atoms with Crippen molar-refractivity contribution < 1.29 is 14.6 Å². The van der Waals surface area contributed by atoms with Gasteiger partial charge in [-0.25, -0.2) is 0 Å². The standard InChI is InChI=1S/C14H19NO3/c1-14(8-5-9-18-14)13(17)15-12(10-16)11-6-3-2-4-7-11/h2-4,6-7,12,16H,5,8-10H2,1H3,(H,15,17). The van der Waals surface area contributed by atoms with Crippen LogP contribution in [0.5, 0.6) is 0 Å². The zero-order valence-corrected chi connectivity index (χ0v) is 10.6. The monoisotopic (exact) mass is 249 g/mol. The molecule has 1 aliphatic heterocycles. The maximum atomic E-state index is 12.2. The number of rotatable bonds is 4. The second-order valence-corrected chi connectivity index (χ2v) is 4.80. The largest absolute Gasteiger partial charge is 0.394 e. The van der Waals surface area contributed by atoms with Gasteiger partial charge < -0.3 is 15.2 Å². The molecule has 1 heterocycles. The number of aliphatic hydroxyl groups is 1. The van der Waals surface area contributed by atoms with E-state index in [1.165, 1.54) is 0 Å². The first kappa shape index (κ1) is 13.1. The van der Waals surface area contributed by atoms with E-state index in [-0.39, 0.29) is 18.6 Å².